The highest BCUT2D eigenvalue weighted by Crippen LogP contribution is 2.35. The molecule has 0 unspecified atom stereocenters. The molecular formula is C21H24ClFN2O3. The number of pyridine rings is 1. The number of halogens is 2. The summed E-state index contributed by atoms with van der Waals surface area (Å²) >= 11 is 6.44. The van der Waals surface area contributed by atoms with Crippen molar-refractivity contribution in [3.63, 3.8) is 0 Å². The van der Waals surface area contributed by atoms with Crippen LogP contribution in [0, 0.1) is 11.7 Å². The molecule has 5 nitrogen and oxygen atoms in total. The van der Waals surface area contributed by atoms with Crippen LogP contribution < -0.4 is 10.1 Å². The predicted octanol–water partition coefficient (Wildman–Crippen LogP) is 4.24. The Morgan fingerprint density at radius 2 is 2.04 bits per heavy atom. The molecule has 1 N–H and O–H groups in total. The van der Waals surface area contributed by atoms with Gasteiger partial charge in [-0.05, 0) is 49.4 Å². The lowest BCUT2D eigenvalue weighted by atomic mass is 9.83. The molecular weight excluding hydrogens is 383 g/mol. The first-order valence-electron chi connectivity index (χ1n) is 9.34. The molecule has 1 aliphatic carbocycles. The van der Waals surface area contributed by atoms with Crippen LogP contribution in [0.1, 0.15) is 26.7 Å². The van der Waals surface area contributed by atoms with E-state index in [0.29, 0.717) is 30.0 Å². The molecule has 0 saturated heterocycles. The predicted molar refractivity (Wildman–Crippen MR) is 106 cm³/mol. The molecule has 1 heterocycles. The third-order valence-electron chi connectivity index (χ3n) is 4.69. The van der Waals surface area contributed by atoms with Gasteiger partial charge in [0.1, 0.15) is 10.8 Å². The van der Waals surface area contributed by atoms with Gasteiger partial charge < -0.3 is 14.8 Å². The van der Waals surface area contributed by atoms with Crippen molar-refractivity contribution in [2.24, 2.45) is 5.92 Å². The molecule has 1 aromatic heterocycles. The Morgan fingerprint density at radius 3 is 2.71 bits per heavy atom. The fourth-order valence-corrected chi connectivity index (χ4v) is 3.47. The third-order valence-corrected chi connectivity index (χ3v) is 5.06. The van der Waals surface area contributed by atoms with Gasteiger partial charge in [0.25, 0.3) is 0 Å². The maximum atomic E-state index is 13.1. The summed E-state index contributed by atoms with van der Waals surface area (Å²) in [5.74, 6) is 0.419. The summed E-state index contributed by atoms with van der Waals surface area (Å²) in [5, 5.41) is 3.22. The number of aromatic nitrogens is 1. The van der Waals surface area contributed by atoms with Crippen molar-refractivity contribution in [3.05, 3.63) is 47.4 Å². The molecule has 1 saturated carbocycles. The Balaban J connectivity index is 1.47. The smallest absolute Gasteiger partial charge is 0.233 e. The fourth-order valence-electron chi connectivity index (χ4n) is 3.19. The Kier molecular flexibility index (Phi) is 6.86. The highest BCUT2D eigenvalue weighted by atomic mass is 35.5. The molecule has 150 valence electrons. The first-order valence-corrected chi connectivity index (χ1v) is 9.72. The van der Waals surface area contributed by atoms with E-state index in [2.05, 4.69) is 10.3 Å². The summed E-state index contributed by atoms with van der Waals surface area (Å²) in [4.78, 5) is 15.2. The van der Waals surface area contributed by atoms with Crippen LogP contribution >= 0.6 is 11.6 Å². The van der Waals surface area contributed by atoms with Crippen molar-refractivity contribution in [1.29, 1.82) is 0 Å². The summed E-state index contributed by atoms with van der Waals surface area (Å²) in [6.45, 7) is 4.44. The van der Waals surface area contributed by atoms with Gasteiger partial charge in [0, 0.05) is 24.7 Å². The lowest BCUT2D eigenvalue weighted by Gasteiger charge is -2.35. The second-order valence-electron chi connectivity index (χ2n) is 7.19. The van der Waals surface area contributed by atoms with E-state index in [1.165, 1.54) is 19.1 Å². The zero-order chi connectivity index (χ0) is 20.1. The number of hydrogen-bond acceptors (Lipinski definition) is 4. The molecule has 1 atom stereocenters. The highest BCUT2D eigenvalue weighted by Gasteiger charge is 2.31. The van der Waals surface area contributed by atoms with E-state index in [1.54, 1.807) is 24.4 Å². The van der Waals surface area contributed by atoms with E-state index in [4.69, 9.17) is 21.1 Å². The second-order valence-corrected chi connectivity index (χ2v) is 7.57. The number of hydrogen-bond donors (Lipinski definition) is 1. The first-order chi connectivity index (χ1) is 13.4. The average molecular weight is 407 g/mol. The molecule has 0 spiro atoms. The zero-order valence-corrected chi connectivity index (χ0v) is 16.7. The maximum Gasteiger partial charge on any atom is 0.233 e. The van der Waals surface area contributed by atoms with Gasteiger partial charge in [-0.2, -0.15) is 0 Å². The third kappa shape index (κ3) is 5.42. The van der Waals surface area contributed by atoms with Crippen LogP contribution in [0.4, 0.5) is 4.39 Å². The number of rotatable bonds is 8. The normalized spacial score (nSPS) is 19.6. The Morgan fingerprint density at radius 1 is 1.32 bits per heavy atom. The van der Waals surface area contributed by atoms with Gasteiger partial charge in [-0.1, -0.05) is 23.7 Å². The molecule has 2 aromatic rings. The zero-order valence-electron chi connectivity index (χ0n) is 16.0. The van der Waals surface area contributed by atoms with Gasteiger partial charge in [-0.15, -0.1) is 0 Å². The molecule has 1 aromatic carbocycles. The van der Waals surface area contributed by atoms with Gasteiger partial charge in [0.05, 0.1) is 19.3 Å². The summed E-state index contributed by atoms with van der Waals surface area (Å²) in [7, 11) is 0. The number of carbonyl (C=O) groups excluding carboxylic acids is 1. The quantitative estimate of drug-likeness (QED) is 0.712. The maximum absolute atomic E-state index is 13.1. The van der Waals surface area contributed by atoms with Gasteiger partial charge in [-0.3, -0.25) is 4.79 Å². The Labute approximate surface area is 169 Å². The molecule has 1 fully saturated rings. The number of amides is 1. The van der Waals surface area contributed by atoms with E-state index in [9.17, 15) is 9.18 Å². The molecule has 0 aliphatic heterocycles. The SMILES string of the molecule is CC(=O)N[C@@H](C)COC1CC(COc2nccc(-c3ccc(F)cc3)c2Cl)C1. The van der Waals surface area contributed by atoms with Crippen molar-refractivity contribution in [2.45, 2.75) is 38.8 Å². The molecule has 3 rings (SSSR count). The summed E-state index contributed by atoms with van der Waals surface area (Å²) < 4.78 is 24.7. The van der Waals surface area contributed by atoms with Crippen molar-refractivity contribution in [1.82, 2.24) is 10.3 Å². The van der Waals surface area contributed by atoms with Gasteiger partial charge in [0.15, 0.2) is 0 Å². The molecule has 1 amide bonds. The summed E-state index contributed by atoms with van der Waals surface area (Å²) in [5.41, 5.74) is 1.57. The van der Waals surface area contributed by atoms with Gasteiger partial charge in [-0.25, -0.2) is 9.37 Å². The van der Waals surface area contributed by atoms with E-state index in [-0.39, 0.29) is 23.9 Å². The van der Waals surface area contributed by atoms with E-state index >= 15 is 0 Å². The van der Waals surface area contributed by atoms with Gasteiger partial charge >= 0.3 is 0 Å². The van der Waals surface area contributed by atoms with Crippen LogP contribution in [0.2, 0.25) is 5.02 Å². The number of nitrogens with zero attached hydrogens (tertiary/aromatic N) is 1. The standard InChI is InChI=1S/C21H24ClFN2O3/c1-13(25-14(2)26)11-27-18-9-15(10-18)12-28-21-20(22)19(7-8-24-21)16-3-5-17(23)6-4-16/h3-8,13,15,18H,9-12H2,1-2H3,(H,25,26)/t13-,15?,18?/m0/s1. The monoisotopic (exact) mass is 406 g/mol. The largest absolute Gasteiger partial charge is 0.476 e. The summed E-state index contributed by atoms with van der Waals surface area (Å²) in [6, 6.07) is 7.94. The molecule has 0 bridgehead atoms. The molecule has 0 radical (unpaired) electrons. The first kappa shape index (κ1) is 20.6. The Hall–Kier alpha value is -2.18. The van der Waals surface area contributed by atoms with Crippen molar-refractivity contribution in [3.8, 4) is 17.0 Å². The molecule has 1 aliphatic rings. The lowest BCUT2D eigenvalue weighted by Crippen LogP contribution is -2.40. The average Bonchev–Trinajstić information content (AvgIpc) is 2.61. The lowest BCUT2D eigenvalue weighted by molar-refractivity contribution is -0.120. The minimum absolute atomic E-state index is 0.00464. The van der Waals surface area contributed by atoms with Crippen LogP contribution in [0.3, 0.4) is 0 Å². The number of nitrogens with one attached hydrogen (secondary N) is 1. The van der Waals surface area contributed by atoms with E-state index < -0.39 is 0 Å². The molecule has 28 heavy (non-hydrogen) atoms. The minimum atomic E-state index is -0.293. The number of benzene rings is 1. The summed E-state index contributed by atoms with van der Waals surface area (Å²) in [6.07, 6.45) is 3.64. The number of carbonyl (C=O) groups is 1. The van der Waals surface area contributed by atoms with Crippen LogP contribution in [-0.2, 0) is 9.53 Å². The second kappa shape index (κ2) is 9.34. The van der Waals surface area contributed by atoms with Crippen LogP contribution in [-0.4, -0.2) is 36.3 Å². The Bertz CT molecular complexity index is 810. The van der Waals surface area contributed by atoms with Gasteiger partial charge in [0.2, 0.25) is 11.8 Å². The van der Waals surface area contributed by atoms with Crippen LogP contribution in [0.15, 0.2) is 36.5 Å². The van der Waals surface area contributed by atoms with E-state index in [1.807, 2.05) is 6.92 Å². The van der Waals surface area contributed by atoms with Crippen molar-refractivity contribution < 1.29 is 18.7 Å². The van der Waals surface area contributed by atoms with Crippen molar-refractivity contribution >= 4 is 17.5 Å². The van der Waals surface area contributed by atoms with Crippen LogP contribution in [0.25, 0.3) is 11.1 Å². The fraction of sp³-hybridized carbons (Fsp3) is 0.429. The minimum Gasteiger partial charge on any atom is -0.476 e. The topological polar surface area (TPSA) is 60.5 Å². The highest BCUT2D eigenvalue weighted by molar-refractivity contribution is 6.34. The number of ether oxygens (including phenoxy) is 2. The van der Waals surface area contributed by atoms with Crippen LogP contribution in [0.5, 0.6) is 5.88 Å². The van der Waals surface area contributed by atoms with E-state index in [0.717, 1.165) is 24.0 Å². The molecule has 7 heteroatoms. The van der Waals surface area contributed by atoms with Crippen molar-refractivity contribution in [2.75, 3.05) is 13.2 Å².